The van der Waals surface area contributed by atoms with Crippen molar-refractivity contribution in [3.8, 4) is 0 Å². The van der Waals surface area contributed by atoms with Gasteiger partial charge in [0.05, 0.1) is 12.7 Å². The van der Waals surface area contributed by atoms with Gasteiger partial charge in [-0.15, -0.1) is 0 Å². The largest absolute Gasteiger partial charge is 0.480 e. The van der Waals surface area contributed by atoms with Gasteiger partial charge in [0, 0.05) is 42.5 Å². The van der Waals surface area contributed by atoms with E-state index >= 15 is 0 Å². The van der Waals surface area contributed by atoms with Crippen LogP contribution in [0.25, 0.3) is 0 Å². The fraction of sp³-hybridized carbons (Fsp3) is 0.611. The summed E-state index contributed by atoms with van der Waals surface area (Å²) in [5, 5.41) is 13.2. The van der Waals surface area contributed by atoms with E-state index in [1.807, 2.05) is 12.1 Å². The number of benzene rings is 1. The molecule has 0 aliphatic carbocycles. The Balaban J connectivity index is 1.48. The van der Waals surface area contributed by atoms with Crippen LogP contribution in [0.1, 0.15) is 19.3 Å². The summed E-state index contributed by atoms with van der Waals surface area (Å²) in [6.07, 6.45) is 2.75. The van der Waals surface area contributed by atoms with E-state index in [-0.39, 0.29) is 18.8 Å². The summed E-state index contributed by atoms with van der Waals surface area (Å²) >= 11 is 5.95. The number of carbonyl (C=O) groups is 1. The van der Waals surface area contributed by atoms with E-state index in [1.165, 1.54) is 5.69 Å². The third-order valence-corrected chi connectivity index (χ3v) is 5.11. The number of halogens is 1. The Kier molecular flexibility index (Phi) is 6.53. The molecule has 1 aromatic carbocycles. The lowest BCUT2D eigenvalue weighted by molar-refractivity contribution is -0.148. The lowest BCUT2D eigenvalue weighted by Gasteiger charge is -2.39. The smallest absolute Gasteiger partial charge is 0.329 e. The first-order valence-electron chi connectivity index (χ1n) is 8.79. The van der Waals surface area contributed by atoms with Crippen molar-refractivity contribution in [2.45, 2.75) is 37.5 Å². The number of nitrogens with one attached hydrogen (secondary N) is 1. The maximum Gasteiger partial charge on any atom is 0.329 e. The maximum absolute atomic E-state index is 10.7. The third-order valence-electron chi connectivity index (χ3n) is 4.86. The van der Waals surface area contributed by atoms with Crippen molar-refractivity contribution in [2.75, 3.05) is 37.8 Å². The van der Waals surface area contributed by atoms with Crippen molar-refractivity contribution in [3.05, 3.63) is 29.3 Å². The highest BCUT2D eigenvalue weighted by atomic mass is 35.5. The molecular formula is C18H25ClN2O4. The molecule has 0 unspecified atom stereocenters. The molecule has 0 spiro atoms. The van der Waals surface area contributed by atoms with Gasteiger partial charge in [-0.3, -0.25) is 0 Å². The van der Waals surface area contributed by atoms with Crippen molar-refractivity contribution < 1.29 is 19.4 Å². The molecule has 0 saturated carbocycles. The minimum Gasteiger partial charge on any atom is -0.480 e. The van der Waals surface area contributed by atoms with Crippen LogP contribution in [-0.4, -0.2) is 62.2 Å². The van der Waals surface area contributed by atoms with Crippen LogP contribution in [0.5, 0.6) is 0 Å². The Morgan fingerprint density at radius 2 is 2.00 bits per heavy atom. The predicted octanol–water partition coefficient (Wildman–Crippen LogP) is 2.16. The molecule has 0 amide bonds. The molecule has 6 nitrogen and oxygen atoms in total. The average molecular weight is 369 g/mol. The Labute approximate surface area is 153 Å². The van der Waals surface area contributed by atoms with Gasteiger partial charge in [-0.25, -0.2) is 4.79 Å². The molecule has 1 aromatic rings. The first-order chi connectivity index (χ1) is 12.1. The standard InChI is InChI=1S/C18H25ClN2O4/c19-13-1-3-15(4-2-13)21-8-5-14(6-9-21)20-16-7-10-24-11-17(16)25-12-18(22)23/h1-4,14,16-17,20H,5-12H2,(H,22,23)/t16-,17-/m0/s1. The van der Waals surface area contributed by atoms with Gasteiger partial charge >= 0.3 is 5.97 Å². The van der Waals surface area contributed by atoms with Gasteiger partial charge in [0.1, 0.15) is 6.61 Å². The molecule has 0 bridgehead atoms. The van der Waals surface area contributed by atoms with Crippen LogP contribution in [0.4, 0.5) is 5.69 Å². The van der Waals surface area contributed by atoms with E-state index in [0.29, 0.717) is 19.3 Å². The molecule has 0 aromatic heterocycles. The number of carboxylic acid groups (broad SMARTS) is 1. The van der Waals surface area contributed by atoms with Crippen LogP contribution in [-0.2, 0) is 14.3 Å². The molecule has 2 aliphatic heterocycles. The maximum atomic E-state index is 10.7. The molecule has 25 heavy (non-hydrogen) atoms. The van der Waals surface area contributed by atoms with E-state index in [0.717, 1.165) is 37.4 Å². The number of rotatable bonds is 6. The van der Waals surface area contributed by atoms with Crippen molar-refractivity contribution in [2.24, 2.45) is 0 Å². The van der Waals surface area contributed by atoms with Crippen LogP contribution in [0.15, 0.2) is 24.3 Å². The topological polar surface area (TPSA) is 71.0 Å². The first kappa shape index (κ1) is 18.5. The Morgan fingerprint density at radius 3 is 2.68 bits per heavy atom. The third kappa shape index (κ3) is 5.31. The summed E-state index contributed by atoms with van der Waals surface area (Å²) in [6.45, 7) is 2.84. The fourth-order valence-corrected chi connectivity index (χ4v) is 3.63. The SMILES string of the molecule is O=C(O)CO[C@H]1COCC[C@@H]1NC1CCN(c2ccc(Cl)cc2)CC1. The number of hydrogen-bond acceptors (Lipinski definition) is 5. The summed E-state index contributed by atoms with van der Waals surface area (Å²) in [6, 6.07) is 8.54. The van der Waals surface area contributed by atoms with Crippen molar-refractivity contribution in [1.29, 1.82) is 0 Å². The van der Waals surface area contributed by atoms with Gasteiger partial charge in [-0.1, -0.05) is 11.6 Å². The van der Waals surface area contributed by atoms with Gasteiger partial charge in [-0.05, 0) is 43.5 Å². The minimum absolute atomic E-state index is 0.153. The second kappa shape index (κ2) is 8.85. The normalized spacial score (nSPS) is 25.1. The fourth-order valence-electron chi connectivity index (χ4n) is 3.50. The van der Waals surface area contributed by atoms with Crippen molar-refractivity contribution in [1.82, 2.24) is 5.32 Å². The zero-order chi connectivity index (χ0) is 17.6. The number of aliphatic carboxylic acids is 1. The highest BCUT2D eigenvalue weighted by molar-refractivity contribution is 6.30. The lowest BCUT2D eigenvalue weighted by atomic mass is 9.99. The molecule has 2 saturated heterocycles. The second-order valence-electron chi connectivity index (χ2n) is 6.62. The molecule has 2 heterocycles. The van der Waals surface area contributed by atoms with Gasteiger partial charge in [0.25, 0.3) is 0 Å². The van der Waals surface area contributed by atoms with Gasteiger partial charge in [0.2, 0.25) is 0 Å². The Hall–Kier alpha value is -1.34. The molecule has 3 rings (SSSR count). The van der Waals surface area contributed by atoms with Gasteiger partial charge < -0.3 is 24.8 Å². The van der Waals surface area contributed by atoms with E-state index in [9.17, 15) is 4.79 Å². The van der Waals surface area contributed by atoms with Crippen molar-refractivity contribution >= 4 is 23.3 Å². The predicted molar refractivity (Wildman–Crippen MR) is 96.4 cm³/mol. The summed E-state index contributed by atoms with van der Waals surface area (Å²) in [4.78, 5) is 13.1. The average Bonchev–Trinajstić information content (AvgIpc) is 2.62. The molecule has 7 heteroatoms. The van der Waals surface area contributed by atoms with Crippen molar-refractivity contribution in [3.63, 3.8) is 0 Å². The highest BCUT2D eigenvalue weighted by Gasteiger charge is 2.30. The summed E-state index contributed by atoms with van der Waals surface area (Å²) in [5.41, 5.74) is 1.21. The van der Waals surface area contributed by atoms with Crippen LogP contribution < -0.4 is 10.2 Å². The van der Waals surface area contributed by atoms with Crippen LogP contribution in [0.2, 0.25) is 5.02 Å². The molecule has 2 N–H and O–H groups in total. The van der Waals surface area contributed by atoms with Gasteiger partial charge in [-0.2, -0.15) is 0 Å². The number of anilines is 1. The summed E-state index contributed by atoms with van der Waals surface area (Å²) in [5.74, 6) is -0.944. The van der Waals surface area contributed by atoms with Gasteiger partial charge in [0.15, 0.2) is 0 Å². The number of nitrogens with zero attached hydrogens (tertiary/aromatic N) is 1. The lowest BCUT2D eigenvalue weighted by Crippen LogP contribution is -2.54. The Bertz CT molecular complexity index is 561. The highest BCUT2D eigenvalue weighted by Crippen LogP contribution is 2.23. The number of carboxylic acids is 1. The van der Waals surface area contributed by atoms with Crippen LogP contribution in [0, 0.1) is 0 Å². The van der Waals surface area contributed by atoms with E-state index in [4.69, 9.17) is 26.2 Å². The van der Waals surface area contributed by atoms with E-state index < -0.39 is 5.97 Å². The van der Waals surface area contributed by atoms with Crippen LogP contribution in [0.3, 0.4) is 0 Å². The quantitative estimate of drug-likeness (QED) is 0.801. The number of ether oxygens (including phenoxy) is 2. The molecular weight excluding hydrogens is 344 g/mol. The number of piperidine rings is 1. The minimum atomic E-state index is -0.944. The molecule has 2 fully saturated rings. The summed E-state index contributed by atoms with van der Waals surface area (Å²) in [7, 11) is 0. The molecule has 2 atom stereocenters. The summed E-state index contributed by atoms with van der Waals surface area (Å²) < 4.78 is 10.9. The first-order valence-corrected chi connectivity index (χ1v) is 9.17. The molecule has 0 radical (unpaired) electrons. The monoisotopic (exact) mass is 368 g/mol. The molecule has 2 aliphatic rings. The van der Waals surface area contributed by atoms with Crippen LogP contribution >= 0.6 is 11.6 Å². The van der Waals surface area contributed by atoms with E-state index in [2.05, 4.69) is 22.3 Å². The Morgan fingerprint density at radius 1 is 1.28 bits per heavy atom. The zero-order valence-electron chi connectivity index (χ0n) is 14.2. The molecule has 138 valence electrons. The second-order valence-corrected chi connectivity index (χ2v) is 7.05. The zero-order valence-corrected chi connectivity index (χ0v) is 15.0. The number of hydrogen-bond donors (Lipinski definition) is 2. The van der Waals surface area contributed by atoms with E-state index in [1.54, 1.807) is 0 Å².